The minimum Gasteiger partial charge on any atom is -0.497 e. The molecule has 100 valence electrons. The molecule has 0 aliphatic carbocycles. The zero-order valence-corrected chi connectivity index (χ0v) is 11.6. The fourth-order valence-corrected chi connectivity index (χ4v) is 2.25. The molecule has 1 N–H and O–H groups in total. The van der Waals surface area contributed by atoms with E-state index in [-0.39, 0.29) is 5.91 Å². The summed E-state index contributed by atoms with van der Waals surface area (Å²) in [5.41, 5.74) is 1.06. The highest BCUT2D eigenvalue weighted by atomic mass is 32.1. The van der Waals surface area contributed by atoms with Crippen LogP contribution in [0.2, 0.25) is 0 Å². The van der Waals surface area contributed by atoms with Crippen molar-refractivity contribution in [2.24, 2.45) is 0 Å². The van der Waals surface area contributed by atoms with E-state index < -0.39 is 0 Å². The van der Waals surface area contributed by atoms with E-state index in [2.05, 4.69) is 10.3 Å². The Morgan fingerprint density at radius 1 is 1.37 bits per heavy atom. The van der Waals surface area contributed by atoms with E-state index in [1.165, 1.54) is 0 Å². The number of methoxy groups -OCH3 is 1. The van der Waals surface area contributed by atoms with E-state index in [0.717, 1.165) is 16.3 Å². The highest BCUT2D eigenvalue weighted by molar-refractivity contribution is 7.09. The average Bonchev–Trinajstić information content (AvgIpc) is 2.96. The number of aryl methyl sites for hydroxylation is 1. The van der Waals surface area contributed by atoms with Gasteiger partial charge in [-0.05, 0) is 17.7 Å². The minimum absolute atomic E-state index is 0.0472. The smallest absolute Gasteiger partial charge is 0.220 e. The van der Waals surface area contributed by atoms with Gasteiger partial charge in [0.1, 0.15) is 5.75 Å². The van der Waals surface area contributed by atoms with Crippen LogP contribution in [0.25, 0.3) is 0 Å². The molecular formula is C14H16N2O2S. The lowest BCUT2D eigenvalue weighted by Gasteiger charge is -2.05. The van der Waals surface area contributed by atoms with Crippen molar-refractivity contribution in [2.45, 2.75) is 19.4 Å². The number of aromatic nitrogens is 1. The summed E-state index contributed by atoms with van der Waals surface area (Å²) < 4.78 is 5.08. The number of benzene rings is 1. The minimum atomic E-state index is 0.0472. The maximum atomic E-state index is 11.7. The molecule has 1 heterocycles. The maximum Gasteiger partial charge on any atom is 0.220 e. The highest BCUT2D eigenvalue weighted by Gasteiger charge is 2.03. The van der Waals surface area contributed by atoms with Crippen molar-refractivity contribution < 1.29 is 9.53 Å². The number of nitrogens with one attached hydrogen (secondary N) is 1. The first-order chi connectivity index (χ1) is 9.28. The first kappa shape index (κ1) is 13.5. The topological polar surface area (TPSA) is 51.2 Å². The second-order valence-corrected chi connectivity index (χ2v) is 5.03. The van der Waals surface area contributed by atoms with Gasteiger partial charge in [0.05, 0.1) is 12.1 Å². The molecule has 0 spiro atoms. The molecule has 2 aromatic rings. The zero-order valence-electron chi connectivity index (χ0n) is 10.8. The average molecular weight is 276 g/mol. The molecule has 2 rings (SSSR count). The molecule has 5 heteroatoms. The van der Waals surface area contributed by atoms with Crippen LogP contribution < -0.4 is 10.1 Å². The van der Waals surface area contributed by atoms with Gasteiger partial charge in [0.15, 0.2) is 0 Å². The van der Waals surface area contributed by atoms with Crippen LogP contribution >= 0.6 is 11.3 Å². The quantitative estimate of drug-likeness (QED) is 0.881. The first-order valence-electron chi connectivity index (χ1n) is 6.06. The maximum absolute atomic E-state index is 11.7. The fraction of sp³-hybridized carbons (Fsp3) is 0.286. The van der Waals surface area contributed by atoms with Gasteiger partial charge in [-0.3, -0.25) is 4.79 Å². The van der Waals surface area contributed by atoms with Crippen molar-refractivity contribution in [3.05, 3.63) is 46.4 Å². The van der Waals surface area contributed by atoms with Crippen molar-refractivity contribution in [1.29, 1.82) is 0 Å². The van der Waals surface area contributed by atoms with E-state index >= 15 is 0 Å². The van der Waals surface area contributed by atoms with Crippen molar-refractivity contribution >= 4 is 17.2 Å². The number of rotatable bonds is 6. The van der Waals surface area contributed by atoms with Gasteiger partial charge in [0.25, 0.3) is 0 Å². The molecule has 0 aliphatic rings. The van der Waals surface area contributed by atoms with Crippen LogP contribution in [0.1, 0.15) is 17.0 Å². The molecule has 0 unspecified atom stereocenters. The monoisotopic (exact) mass is 276 g/mol. The summed E-state index contributed by atoms with van der Waals surface area (Å²) in [5, 5.41) is 5.82. The lowest BCUT2D eigenvalue weighted by Crippen LogP contribution is -2.22. The molecule has 1 amide bonds. The summed E-state index contributed by atoms with van der Waals surface area (Å²) in [6.45, 7) is 0.542. The van der Waals surface area contributed by atoms with E-state index in [4.69, 9.17) is 4.74 Å². The Bertz CT molecular complexity index is 509. The standard InChI is InChI=1S/C14H16N2O2S/c1-18-12-4-2-11(3-5-12)10-16-13(17)6-7-14-15-8-9-19-14/h2-5,8-9H,6-7,10H2,1H3,(H,16,17). The van der Waals surface area contributed by atoms with E-state index in [9.17, 15) is 4.79 Å². The van der Waals surface area contributed by atoms with E-state index in [0.29, 0.717) is 19.4 Å². The largest absolute Gasteiger partial charge is 0.497 e. The summed E-state index contributed by atoms with van der Waals surface area (Å²) in [7, 11) is 1.63. The van der Waals surface area contributed by atoms with Crippen LogP contribution in [0.3, 0.4) is 0 Å². The molecule has 1 aromatic carbocycles. The first-order valence-corrected chi connectivity index (χ1v) is 6.94. The van der Waals surface area contributed by atoms with Gasteiger partial charge in [-0.25, -0.2) is 4.98 Å². The molecule has 0 radical (unpaired) electrons. The van der Waals surface area contributed by atoms with Crippen LogP contribution in [0.5, 0.6) is 5.75 Å². The van der Waals surface area contributed by atoms with Gasteiger partial charge in [-0.1, -0.05) is 12.1 Å². The third-order valence-electron chi connectivity index (χ3n) is 2.70. The number of carbonyl (C=O) groups is 1. The molecule has 0 saturated heterocycles. The van der Waals surface area contributed by atoms with Crippen LogP contribution in [0.15, 0.2) is 35.8 Å². The third-order valence-corrected chi connectivity index (χ3v) is 3.54. The third kappa shape index (κ3) is 4.37. The molecule has 0 atom stereocenters. The molecule has 19 heavy (non-hydrogen) atoms. The Labute approximate surface area is 116 Å². The van der Waals surface area contributed by atoms with Crippen LogP contribution in [0, 0.1) is 0 Å². The number of amides is 1. The van der Waals surface area contributed by atoms with Gasteiger partial charge < -0.3 is 10.1 Å². The molecule has 0 saturated carbocycles. The fourth-order valence-electron chi connectivity index (χ4n) is 1.63. The van der Waals surface area contributed by atoms with Crippen molar-refractivity contribution in [3.8, 4) is 5.75 Å². The van der Waals surface area contributed by atoms with Gasteiger partial charge in [0, 0.05) is 31.0 Å². The van der Waals surface area contributed by atoms with E-state index in [1.54, 1.807) is 24.6 Å². The molecule has 0 fully saturated rings. The van der Waals surface area contributed by atoms with Crippen LogP contribution in [0.4, 0.5) is 0 Å². The Morgan fingerprint density at radius 3 is 2.79 bits per heavy atom. The number of ether oxygens (including phenoxy) is 1. The summed E-state index contributed by atoms with van der Waals surface area (Å²) in [5.74, 6) is 0.866. The number of thiazole rings is 1. The van der Waals surface area contributed by atoms with Crippen LogP contribution in [-0.4, -0.2) is 18.0 Å². The Morgan fingerprint density at radius 2 is 2.16 bits per heavy atom. The van der Waals surface area contributed by atoms with Gasteiger partial charge >= 0.3 is 0 Å². The Balaban J connectivity index is 1.73. The predicted molar refractivity (Wildman–Crippen MR) is 75.3 cm³/mol. The molecular weight excluding hydrogens is 260 g/mol. The second-order valence-electron chi connectivity index (χ2n) is 4.05. The lowest BCUT2D eigenvalue weighted by molar-refractivity contribution is -0.121. The highest BCUT2D eigenvalue weighted by Crippen LogP contribution is 2.11. The molecule has 0 aliphatic heterocycles. The normalized spacial score (nSPS) is 10.2. The Kier molecular flexibility index (Phi) is 4.92. The lowest BCUT2D eigenvalue weighted by atomic mass is 10.2. The number of carbonyl (C=O) groups excluding carboxylic acids is 1. The molecule has 4 nitrogen and oxygen atoms in total. The number of nitrogens with zero attached hydrogens (tertiary/aromatic N) is 1. The van der Waals surface area contributed by atoms with Crippen molar-refractivity contribution in [2.75, 3.05) is 7.11 Å². The van der Waals surface area contributed by atoms with Crippen molar-refractivity contribution in [1.82, 2.24) is 10.3 Å². The van der Waals surface area contributed by atoms with Gasteiger partial charge in [-0.15, -0.1) is 11.3 Å². The molecule has 0 bridgehead atoms. The Hall–Kier alpha value is -1.88. The van der Waals surface area contributed by atoms with E-state index in [1.807, 2.05) is 29.6 Å². The van der Waals surface area contributed by atoms with Gasteiger partial charge in [-0.2, -0.15) is 0 Å². The van der Waals surface area contributed by atoms with Crippen LogP contribution in [-0.2, 0) is 17.8 Å². The summed E-state index contributed by atoms with van der Waals surface area (Å²) in [6, 6.07) is 7.66. The SMILES string of the molecule is COc1ccc(CNC(=O)CCc2nccs2)cc1. The summed E-state index contributed by atoms with van der Waals surface area (Å²) in [4.78, 5) is 15.8. The summed E-state index contributed by atoms with van der Waals surface area (Å²) in [6.07, 6.45) is 2.94. The summed E-state index contributed by atoms with van der Waals surface area (Å²) >= 11 is 1.58. The number of hydrogen-bond acceptors (Lipinski definition) is 4. The van der Waals surface area contributed by atoms with Crippen molar-refractivity contribution in [3.63, 3.8) is 0 Å². The second kappa shape index (κ2) is 6.89. The number of hydrogen-bond donors (Lipinski definition) is 1. The van der Waals surface area contributed by atoms with Gasteiger partial charge in [0.2, 0.25) is 5.91 Å². The molecule has 1 aromatic heterocycles. The predicted octanol–water partition coefficient (Wildman–Crippen LogP) is 2.40. The zero-order chi connectivity index (χ0) is 13.5.